The molecular weight excluding hydrogens is 472 g/mol. The SMILES string of the molecule is COc1cc(/C=N/NC(=S)NCCc2ccccc2)ccc1OCC(=O)Nc1c(C)cc(C)cc1C. The predicted octanol–water partition coefficient (Wildman–Crippen LogP) is 4.68. The van der Waals surface area contributed by atoms with E-state index in [1.165, 1.54) is 5.56 Å². The number of nitrogens with zero attached hydrogens (tertiary/aromatic N) is 1. The van der Waals surface area contributed by atoms with Crippen molar-refractivity contribution in [1.82, 2.24) is 10.7 Å². The summed E-state index contributed by atoms with van der Waals surface area (Å²) in [6.07, 6.45) is 2.50. The Hall–Kier alpha value is -3.91. The number of aryl methyl sites for hydroxylation is 3. The Morgan fingerprint density at radius 1 is 1.00 bits per heavy atom. The third-order valence-corrected chi connectivity index (χ3v) is 5.65. The van der Waals surface area contributed by atoms with Gasteiger partial charge in [0.05, 0.1) is 13.3 Å². The fourth-order valence-electron chi connectivity index (χ4n) is 3.75. The normalized spacial score (nSPS) is 10.7. The molecule has 0 aromatic heterocycles. The molecule has 0 aliphatic carbocycles. The van der Waals surface area contributed by atoms with Crippen LogP contribution in [0.25, 0.3) is 0 Å². The van der Waals surface area contributed by atoms with Gasteiger partial charge in [-0.25, -0.2) is 0 Å². The molecule has 3 N–H and O–H groups in total. The van der Waals surface area contributed by atoms with E-state index < -0.39 is 0 Å². The summed E-state index contributed by atoms with van der Waals surface area (Å²) in [5, 5.41) is 10.7. The Labute approximate surface area is 217 Å². The molecule has 0 saturated heterocycles. The number of nitrogens with one attached hydrogen (secondary N) is 3. The van der Waals surface area contributed by atoms with Crippen LogP contribution in [0.15, 0.2) is 65.8 Å². The molecule has 0 unspecified atom stereocenters. The van der Waals surface area contributed by atoms with E-state index in [4.69, 9.17) is 21.7 Å². The summed E-state index contributed by atoms with van der Waals surface area (Å²) in [7, 11) is 1.55. The number of ether oxygens (including phenoxy) is 2. The van der Waals surface area contributed by atoms with Crippen LogP contribution in [-0.4, -0.2) is 37.5 Å². The maximum absolute atomic E-state index is 12.5. The van der Waals surface area contributed by atoms with Crippen LogP contribution in [0.5, 0.6) is 11.5 Å². The standard InChI is InChI=1S/C28H32N4O3S/c1-19-14-20(2)27(21(3)15-19)31-26(33)18-35-24-11-10-23(16-25(24)34-4)17-30-32-28(36)29-13-12-22-8-6-5-7-9-22/h5-11,14-17H,12-13,18H2,1-4H3,(H,31,33)(H2,29,32,36)/b30-17+. The van der Waals surface area contributed by atoms with Crippen LogP contribution >= 0.6 is 12.2 Å². The van der Waals surface area contributed by atoms with E-state index in [2.05, 4.69) is 33.3 Å². The van der Waals surface area contributed by atoms with Crippen LogP contribution < -0.4 is 25.5 Å². The molecule has 7 nitrogen and oxygen atoms in total. The molecule has 36 heavy (non-hydrogen) atoms. The minimum atomic E-state index is -0.241. The molecule has 3 aromatic rings. The zero-order valence-corrected chi connectivity index (χ0v) is 21.9. The monoisotopic (exact) mass is 504 g/mol. The number of methoxy groups -OCH3 is 1. The maximum Gasteiger partial charge on any atom is 0.262 e. The highest BCUT2D eigenvalue weighted by Gasteiger charge is 2.11. The lowest BCUT2D eigenvalue weighted by Gasteiger charge is -2.14. The second kappa shape index (κ2) is 13.3. The molecule has 0 spiro atoms. The number of hydrogen-bond donors (Lipinski definition) is 3. The van der Waals surface area contributed by atoms with Crippen LogP contribution in [0.4, 0.5) is 5.69 Å². The smallest absolute Gasteiger partial charge is 0.262 e. The van der Waals surface area contributed by atoms with E-state index in [0.717, 1.165) is 34.4 Å². The lowest BCUT2D eigenvalue weighted by Crippen LogP contribution is -2.33. The average molecular weight is 505 g/mol. The van der Waals surface area contributed by atoms with Gasteiger partial charge < -0.3 is 20.1 Å². The third-order valence-electron chi connectivity index (χ3n) is 5.41. The van der Waals surface area contributed by atoms with Gasteiger partial charge >= 0.3 is 0 Å². The molecule has 0 heterocycles. The molecule has 0 bridgehead atoms. The van der Waals surface area contributed by atoms with Gasteiger partial charge in [-0.2, -0.15) is 5.10 Å². The summed E-state index contributed by atoms with van der Waals surface area (Å²) in [6, 6.07) is 19.6. The molecule has 0 aliphatic rings. The van der Waals surface area contributed by atoms with Crippen molar-refractivity contribution in [2.45, 2.75) is 27.2 Å². The molecule has 0 radical (unpaired) electrons. The van der Waals surface area contributed by atoms with Gasteiger partial charge in [0.1, 0.15) is 0 Å². The van der Waals surface area contributed by atoms with E-state index in [1.807, 2.05) is 57.2 Å². The van der Waals surface area contributed by atoms with Crippen molar-refractivity contribution in [3.05, 3.63) is 88.5 Å². The van der Waals surface area contributed by atoms with Crippen LogP contribution in [-0.2, 0) is 11.2 Å². The van der Waals surface area contributed by atoms with Gasteiger partial charge in [-0.15, -0.1) is 0 Å². The van der Waals surface area contributed by atoms with Crippen LogP contribution in [0.2, 0.25) is 0 Å². The molecule has 0 aliphatic heterocycles. The molecule has 3 rings (SSSR count). The summed E-state index contributed by atoms with van der Waals surface area (Å²) >= 11 is 5.26. The first-order valence-corrected chi connectivity index (χ1v) is 12.1. The number of carbonyl (C=O) groups is 1. The summed E-state index contributed by atoms with van der Waals surface area (Å²) in [5.74, 6) is 0.724. The molecule has 1 amide bonds. The van der Waals surface area contributed by atoms with E-state index in [1.54, 1.807) is 25.5 Å². The van der Waals surface area contributed by atoms with E-state index in [-0.39, 0.29) is 12.5 Å². The Bertz CT molecular complexity index is 1210. The minimum Gasteiger partial charge on any atom is -0.493 e. The largest absolute Gasteiger partial charge is 0.493 e. The number of hydrazone groups is 1. The molecule has 0 saturated carbocycles. The van der Waals surface area contributed by atoms with E-state index in [9.17, 15) is 4.79 Å². The number of rotatable bonds is 10. The molecule has 0 fully saturated rings. The van der Waals surface area contributed by atoms with Crippen molar-refractivity contribution in [3.8, 4) is 11.5 Å². The lowest BCUT2D eigenvalue weighted by atomic mass is 10.1. The van der Waals surface area contributed by atoms with Gasteiger partial charge in [-0.05, 0) is 79.9 Å². The van der Waals surface area contributed by atoms with Crippen LogP contribution in [0.1, 0.15) is 27.8 Å². The average Bonchev–Trinajstić information content (AvgIpc) is 2.86. The number of carbonyl (C=O) groups excluding carboxylic acids is 1. The van der Waals surface area contributed by atoms with Gasteiger partial charge in [0.15, 0.2) is 23.2 Å². The zero-order chi connectivity index (χ0) is 25.9. The van der Waals surface area contributed by atoms with Crippen molar-refractivity contribution in [1.29, 1.82) is 0 Å². The first-order valence-electron chi connectivity index (χ1n) is 11.6. The summed E-state index contributed by atoms with van der Waals surface area (Å²) < 4.78 is 11.1. The van der Waals surface area contributed by atoms with Gasteiger partial charge in [0.25, 0.3) is 5.91 Å². The second-order valence-corrected chi connectivity index (χ2v) is 8.79. The molecule has 8 heteroatoms. The molecule has 0 atom stereocenters. The molecular formula is C28H32N4O3S. The van der Waals surface area contributed by atoms with Crippen LogP contribution in [0, 0.1) is 20.8 Å². The number of hydrogen-bond acceptors (Lipinski definition) is 5. The zero-order valence-electron chi connectivity index (χ0n) is 21.1. The fraction of sp³-hybridized carbons (Fsp3) is 0.250. The number of anilines is 1. The number of benzene rings is 3. The molecule has 3 aromatic carbocycles. The molecule has 188 valence electrons. The summed E-state index contributed by atoms with van der Waals surface area (Å²) in [4.78, 5) is 12.5. The Morgan fingerprint density at radius 3 is 2.42 bits per heavy atom. The Balaban J connectivity index is 1.48. The lowest BCUT2D eigenvalue weighted by molar-refractivity contribution is -0.118. The van der Waals surface area contributed by atoms with E-state index in [0.29, 0.717) is 23.2 Å². The predicted molar refractivity (Wildman–Crippen MR) is 149 cm³/mol. The number of amides is 1. The van der Waals surface area contributed by atoms with Crippen molar-refractivity contribution in [3.63, 3.8) is 0 Å². The van der Waals surface area contributed by atoms with Gasteiger partial charge in [-0.3, -0.25) is 10.2 Å². The van der Waals surface area contributed by atoms with Crippen LogP contribution in [0.3, 0.4) is 0 Å². The highest BCUT2D eigenvalue weighted by molar-refractivity contribution is 7.80. The number of thiocarbonyl (C=S) groups is 1. The highest BCUT2D eigenvalue weighted by Crippen LogP contribution is 2.28. The van der Waals surface area contributed by atoms with Gasteiger partial charge in [0, 0.05) is 12.2 Å². The quantitative estimate of drug-likeness (QED) is 0.211. The highest BCUT2D eigenvalue weighted by atomic mass is 32.1. The van der Waals surface area contributed by atoms with Gasteiger partial charge in [-0.1, -0.05) is 48.0 Å². The second-order valence-electron chi connectivity index (χ2n) is 8.38. The maximum atomic E-state index is 12.5. The van der Waals surface area contributed by atoms with Crippen molar-refractivity contribution >= 4 is 35.1 Å². The van der Waals surface area contributed by atoms with Gasteiger partial charge in [0.2, 0.25) is 0 Å². The first kappa shape index (κ1) is 26.7. The van der Waals surface area contributed by atoms with E-state index >= 15 is 0 Å². The fourth-order valence-corrected chi connectivity index (χ4v) is 3.90. The topological polar surface area (TPSA) is 84.0 Å². The van der Waals surface area contributed by atoms with Crippen molar-refractivity contribution in [2.24, 2.45) is 5.10 Å². The summed E-state index contributed by atoms with van der Waals surface area (Å²) in [5.41, 5.74) is 8.84. The first-order chi connectivity index (χ1) is 17.4. The third kappa shape index (κ3) is 8.09. The summed E-state index contributed by atoms with van der Waals surface area (Å²) in [6.45, 7) is 6.55. The Kier molecular flexibility index (Phi) is 9.82. The van der Waals surface area contributed by atoms with Crippen molar-refractivity contribution in [2.75, 3.05) is 25.6 Å². The Morgan fingerprint density at radius 2 is 1.72 bits per heavy atom. The minimum absolute atomic E-state index is 0.138. The van der Waals surface area contributed by atoms with Crippen molar-refractivity contribution < 1.29 is 14.3 Å².